The number of thiazole rings is 1. The van der Waals surface area contributed by atoms with E-state index in [2.05, 4.69) is 11.9 Å². The second-order valence-corrected chi connectivity index (χ2v) is 7.96. The van der Waals surface area contributed by atoms with Gasteiger partial charge in [0.1, 0.15) is 11.8 Å². The van der Waals surface area contributed by atoms with Crippen LogP contribution in [-0.2, 0) is 20.7 Å². The summed E-state index contributed by atoms with van der Waals surface area (Å²) in [7, 11) is 0. The van der Waals surface area contributed by atoms with E-state index in [0.717, 1.165) is 29.1 Å². The van der Waals surface area contributed by atoms with E-state index in [1.54, 1.807) is 25.2 Å². The summed E-state index contributed by atoms with van der Waals surface area (Å²) in [5.41, 5.74) is 2.35. The Morgan fingerprint density at radius 2 is 2.14 bits per heavy atom. The molecule has 28 heavy (non-hydrogen) atoms. The SMILES string of the molecule is CCCc1nc(-c2ccc3c(c2)N(C(CC)C(=O)OC(C)C)C(=O)CO3)cs1. The van der Waals surface area contributed by atoms with Crippen LogP contribution in [0.4, 0.5) is 5.69 Å². The van der Waals surface area contributed by atoms with Gasteiger partial charge >= 0.3 is 5.97 Å². The van der Waals surface area contributed by atoms with Crippen LogP contribution in [-0.4, -0.2) is 35.6 Å². The van der Waals surface area contributed by atoms with Crippen molar-refractivity contribution in [1.82, 2.24) is 4.98 Å². The molecule has 0 radical (unpaired) electrons. The maximum Gasteiger partial charge on any atom is 0.329 e. The molecule has 7 heteroatoms. The number of hydrogen-bond acceptors (Lipinski definition) is 6. The molecule has 2 heterocycles. The number of aryl methyl sites for hydroxylation is 1. The van der Waals surface area contributed by atoms with Gasteiger partial charge in [0.05, 0.1) is 22.5 Å². The van der Waals surface area contributed by atoms with Crippen LogP contribution >= 0.6 is 11.3 Å². The summed E-state index contributed by atoms with van der Waals surface area (Å²) in [5.74, 6) is -0.0618. The van der Waals surface area contributed by atoms with E-state index in [4.69, 9.17) is 9.47 Å². The molecule has 0 saturated heterocycles. The third-order valence-electron chi connectivity index (χ3n) is 4.47. The van der Waals surface area contributed by atoms with Gasteiger partial charge in [0.15, 0.2) is 6.61 Å². The summed E-state index contributed by atoms with van der Waals surface area (Å²) in [6.07, 6.45) is 2.21. The third kappa shape index (κ3) is 4.19. The van der Waals surface area contributed by atoms with Crippen LogP contribution in [0.25, 0.3) is 11.3 Å². The van der Waals surface area contributed by atoms with Gasteiger partial charge in [-0.2, -0.15) is 0 Å². The van der Waals surface area contributed by atoms with Crippen molar-refractivity contribution in [3.63, 3.8) is 0 Å². The fraction of sp³-hybridized carbons (Fsp3) is 0.476. The van der Waals surface area contributed by atoms with Crippen molar-refractivity contribution in [3.8, 4) is 17.0 Å². The molecule has 1 aromatic carbocycles. The molecule has 0 N–H and O–H groups in total. The lowest BCUT2D eigenvalue weighted by Gasteiger charge is -2.34. The molecule has 1 amide bonds. The van der Waals surface area contributed by atoms with Crippen LogP contribution in [0.2, 0.25) is 0 Å². The van der Waals surface area contributed by atoms with Gasteiger partial charge in [0.2, 0.25) is 0 Å². The number of fused-ring (bicyclic) bond motifs is 1. The van der Waals surface area contributed by atoms with Gasteiger partial charge < -0.3 is 9.47 Å². The zero-order chi connectivity index (χ0) is 20.3. The van der Waals surface area contributed by atoms with Crippen LogP contribution in [0, 0.1) is 0 Å². The number of carbonyl (C=O) groups excluding carboxylic acids is 2. The lowest BCUT2D eigenvalue weighted by molar-refractivity contribution is -0.150. The summed E-state index contributed by atoms with van der Waals surface area (Å²) >= 11 is 1.63. The molecule has 0 saturated carbocycles. The predicted octanol–water partition coefficient (Wildman–Crippen LogP) is 4.22. The number of rotatable bonds is 7. The van der Waals surface area contributed by atoms with Crippen LogP contribution in [0.1, 0.15) is 45.5 Å². The van der Waals surface area contributed by atoms with Crippen molar-refractivity contribution in [2.75, 3.05) is 11.5 Å². The first-order valence-electron chi connectivity index (χ1n) is 9.68. The molecule has 0 spiro atoms. The van der Waals surface area contributed by atoms with Crippen molar-refractivity contribution in [3.05, 3.63) is 28.6 Å². The Hall–Kier alpha value is -2.41. The van der Waals surface area contributed by atoms with E-state index in [9.17, 15) is 9.59 Å². The minimum atomic E-state index is -0.682. The predicted molar refractivity (Wildman–Crippen MR) is 110 cm³/mol. The van der Waals surface area contributed by atoms with Crippen LogP contribution < -0.4 is 9.64 Å². The summed E-state index contributed by atoms with van der Waals surface area (Å²) in [6, 6.07) is 4.97. The maximum atomic E-state index is 12.7. The second kappa shape index (κ2) is 8.73. The highest BCUT2D eigenvalue weighted by Gasteiger charge is 2.36. The van der Waals surface area contributed by atoms with Crippen LogP contribution in [0.5, 0.6) is 5.75 Å². The first-order valence-corrected chi connectivity index (χ1v) is 10.6. The smallest absolute Gasteiger partial charge is 0.329 e. The molecular formula is C21H26N2O4S. The standard InChI is InChI=1S/C21H26N2O4S/c1-5-7-19-22-15(12-28-19)14-8-9-18-17(10-14)23(20(24)11-26-18)16(6-2)21(25)27-13(3)4/h8-10,12-13,16H,5-7,11H2,1-4H3. The van der Waals surface area contributed by atoms with Crippen molar-refractivity contribution in [2.45, 2.75) is 59.1 Å². The van der Waals surface area contributed by atoms with Crippen molar-refractivity contribution in [2.24, 2.45) is 0 Å². The molecule has 1 unspecified atom stereocenters. The van der Waals surface area contributed by atoms with E-state index in [1.165, 1.54) is 4.90 Å². The first-order chi connectivity index (χ1) is 13.4. The largest absolute Gasteiger partial charge is 0.482 e. The van der Waals surface area contributed by atoms with E-state index >= 15 is 0 Å². The number of nitrogens with zero attached hydrogens (tertiary/aromatic N) is 2. The zero-order valence-electron chi connectivity index (χ0n) is 16.7. The Morgan fingerprint density at radius 1 is 1.36 bits per heavy atom. The average molecular weight is 403 g/mol. The number of anilines is 1. The van der Waals surface area contributed by atoms with E-state index in [-0.39, 0.29) is 18.6 Å². The lowest BCUT2D eigenvalue weighted by Crippen LogP contribution is -2.50. The average Bonchev–Trinajstić information content (AvgIpc) is 3.12. The Balaban J connectivity index is 1.98. The highest BCUT2D eigenvalue weighted by molar-refractivity contribution is 7.09. The minimum absolute atomic E-state index is 0.0881. The fourth-order valence-electron chi connectivity index (χ4n) is 3.21. The molecule has 1 aromatic heterocycles. The Kier molecular flexibility index (Phi) is 6.34. The van der Waals surface area contributed by atoms with Crippen LogP contribution in [0.15, 0.2) is 23.6 Å². The summed E-state index contributed by atoms with van der Waals surface area (Å²) in [5, 5.41) is 3.11. The Morgan fingerprint density at radius 3 is 2.82 bits per heavy atom. The van der Waals surface area contributed by atoms with Gasteiger partial charge in [0, 0.05) is 10.9 Å². The minimum Gasteiger partial charge on any atom is -0.482 e. The molecule has 1 atom stereocenters. The molecule has 2 aromatic rings. The fourth-order valence-corrected chi connectivity index (χ4v) is 4.12. The summed E-state index contributed by atoms with van der Waals surface area (Å²) < 4.78 is 11.0. The monoisotopic (exact) mass is 402 g/mol. The summed E-state index contributed by atoms with van der Waals surface area (Å²) in [6.45, 7) is 7.51. The number of esters is 1. The molecule has 3 rings (SSSR count). The van der Waals surface area contributed by atoms with E-state index < -0.39 is 12.0 Å². The number of benzene rings is 1. The normalized spacial score (nSPS) is 14.6. The second-order valence-electron chi connectivity index (χ2n) is 7.02. The lowest BCUT2D eigenvalue weighted by atomic mass is 10.1. The Labute approximate surface area is 169 Å². The van der Waals surface area contributed by atoms with Gasteiger partial charge in [-0.15, -0.1) is 11.3 Å². The van der Waals surface area contributed by atoms with E-state index in [1.807, 2.05) is 30.5 Å². The molecule has 150 valence electrons. The molecular weight excluding hydrogens is 376 g/mol. The molecule has 6 nitrogen and oxygen atoms in total. The van der Waals surface area contributed by atoms with Gasteiger partial charge in [0.25, 0.3) is 5.91 Å². The number of amides is 1. The molecule has 0 aliphatic carbocycles. The van der Waals surface area contributed by atoms with Crippen molar-refractivity contribution >= 4 is 28.9 Å². The van der Waals surface area contributed by atoms with Gasteiger partial charge in [-0.1, -0.05) is 13.8 Å². The van der Waals surface area contributed by atoms with Crippen molar-refractivity contribution in [1.29, 1.82) is 0 Å². The zero-order valence-corrected chi connectivity index (χ0v) is 17.5. The number of carbonyl (C=O) groups is 2. The maximum absolute atomic E-state index is 12.7. The molecule has 0 bridgehead atoms. The van der Waals surface area contributed by atoms with E-state index in [0.29, 0.717) is 17.9 Å². The first kappa shape index (κ1) is 20.3. The third-order valence-corrected chi connectivity index (χ3v) is 5.38. The van der Waals surface area contributed by atoms with Gasteiger partial charge in [-0.3, -0.25) is 9.69 Å². The van der Waals surface area contributed by atoms with Crippen LogP contribution in [0.3, 0.4) is 0 Å². The highest BCUT2D eigenvalue weighted by Crippen LogP contribution is 2.38. The summed E-state index contributed by atoms with van der Waals surface area (Å²) in [4.78, 5) is 31.5. The molecule has 1 aliphatic rings. The highest BCUT2D eigenvalue weighted by atomic mass is 32.1. The van der Waals surface area contributed by atoms with Crippen molar-refractivity contribution < 1.29 is 19.1 Å². The van der Waals surface area contributed by atoms with Gasteiger partial charge in [-0.25, -0.2) is 9.78 Å². The molecule has 1 aliphatic heterocycles. The van der Waals surface area contributed by atoms with Gasteiger partial charge in [-0.05, 0) is 51.3 Å². The topological polar surface area (TPSA) is 68.7 Å². The molecule has 0 fully saturated rings. The number of ether oxygens (including phenoxy) is 2. The number of hydrogen-bond donors (Lipinski definition) is 0. The quantitative estimate of drug-likeness (QED) is 0.649. The number of aromatic nitrogens is 1. The Bertz CT molecular complexity index is 862.